The van der Waals surface area contributed by atoms with Crippen LogP contribution in [0, 0.1) is 5.41 Å². The zero-order chi connectivity index (χ0) is 14.2. The largest absolute Gasteiger partial charge is 0.304 e. The number of hydrogen-bond acceptors (Lipinski definition) is 3. The first-order chi connectivity index (χ1) is 9.56. The second-order valence-electron chi connectivity index (χ2n) is 6.04. The fourth-order valence-electron chi connectivity index (χ4n) is 3.03. The topological polar surface area (TPSA) is 37.8 Å². The minimum Gasteiger partial charge on any atom is -0.304 e. The van der Waals surface area contributed by atoms with Crippen molar-refractivity contribution < 1.29 is 0 Å². The smallest absolute Gasteiger partial charge is 0.0769 e. The lowest BCUT2D eigenvalue weighted by Gasteiger charge is -2.28. The van der Waals surface area contributed by atoms with Gasteiger partial charge in [-0.25, -0.2) is 0 Å². The maximum atomic E-state index is 6.15. The van der Waals surface area contributed by atoms with Crippen molar-refractivity contribution in [1.29, 1.82) is 0 Å². The first kappa shape index (κ1) is 13.5. The third-order valence-electron chi connectivity index (χ3n) is 3.96. The van der Waals surface area contributed by atoms with E-state index in [1.165, 1.54) is 11.1 Å². The van der Waals surface area contributed by atoms with Gasteiger partial charge in [-0.15, -0.1) is 0 Å². The van der Waals surface area contributed by atoms with Gasteiger partial charge < -0.3 is 5.32 Å². The maximum Gasteiger partial charge on any atom is 0.0769 e. The minimum absolute atomic E-state index is 0.176. The van der Waals surface area contributed by atoms with Gasteiger partial charge in [-0.1, -0.05) is 31.5 Å². The quantitative estimate of drug-likeness (QED) is 0.938. The molecule has 0 amide bonds. The number of halogens is 1. The highest BCUT2D eigenvalue weighted by Gasteiger charge is 2.38. The Morgan fingerprint density at radius 1 is 1.35 bits per heavy atom. The Morgan fingerprint density at radius 3 is 2.95 bits per heavy atom. The van der Waals surface area contributed by atoms with Crippen LogP contribution < -0.4 is 5.32 Å². The molecule has 1 aromatic carbocycles. The summed E-state index contributed by atoms with van der Waals surface area (Å²) in [5, 5.41) is 12.4. The van der Waals surface area contributed by atoms with Crippen molar-refractivity contribution in [3.05, 3.63) is 58.4 Å². The van der Waals surface area contributed by atoms with Crippen LogP contribution in [-0.2, 0) is 13.0 Å². The van der Waals surface area contributed by atoms with E-state index >= 15 is 0 Å². The van der Waals surface area contributed by atoms with Crippen molar-refractivity contribution in [2.75, 3.05) is 0 Å². The third-order valence-corrected chi connectivity index (χ3v) is 4.20. The van der Waals surface area contributed by atoms with Gasteiger partial charge >= 0.3 is 0 Å². The van der Waals surface area contributed by atoms with E-state index in [-0.39, 0.29) is 5.41 Å². The van der Waals surface area contributed by atoms with Crippen LogP contribution in [0.4, 0.5) is 0 Å². The fourth-order valence-corrected chi connectivity index (χ4v) is 3.21. The van der Waals surface area contributed by atoms with E-state index in [1.54, 1.807) is 6.20 Å². The number of benzene rings is 1. The van der Waals surface area contributed by atoms with Gasteiger partial charge in [0.2, 0.25) is 0 Å². The van der Waals surface area contributed by atoms with E-state index < -0.39 is 0 Å². The molecule has 1 unspecified atom stereocenters. The van der Waals surface area contributed by atoms with E-state index in [0.717, 1.165) is 17.1 Å². The molecule has 0 aliphatic heterocycles. The van der Waals surface area contributed by atoms with E-state index in [4.69, 9.17) is 11.6 Å². The fraction of sp³-hybridized carbons (Fsp3) is 0.375. The Bertz CT molecular complexity index is 610. The Hall–Kier alpha value is -1.45. The van der Waals surface area contributed by atoms with Crippen molar-refractivity contribution >= 4 is 11.6 Å². The lowest BCUT2D eigenvalue weighted by atomic mass is 9.85. The van der Waals surface area contributed by atoms with Crippen molar-refractivity contribution in [2.45, 2.75) is 32.9 Å². The average molecular weight is 288 g/mol. The van der Waals surface area contributed by atoms with E-state index in [0.29, 0.717) is 12.6 Å². The normalized spacial score (nSPS) is 19.9. The number of rotatable bonds is 3. The molecule has 20 heavy (non-hydrogen) atoms. The van der Waals surface area contributed by atoms with Gasteiger partial charge in [0.1, 0.15) is 0 Å². The van der Waals surface area contributed by atoms with Crippen LogP contribution in [-0.4, -0.2) is 10.2 Å². The molecule has 3 rings (SSSR count). The lowest BCUT2D eigenvalue weighted by molar-refractivity contribution is 0.267. The monoisotopic (exact) mass is 287 g/mol. The third kappa shape index (κ3) is 2.56. The van der Waals surface area contributed by atoms with Gasteiger partial charge in [0.25, 0.3) is 0 Å². The number of nitrogens with one attached hydrogen (secondary N) is 1. The van der Waals surface area contributed by atoms with Gasteiger partial charge in [0.05, 0.1) is 5.69 Å². The van der Waals surface area contributed by atoms with Crippen molar-refractivity contribution in [2.24, 2.45) is 5.41 Å². The Balaban J connectivity index is 1.83. The second-order valence-corrected chi connectivity index (χ2v) is 6.47. The van der Waals surface area contributed by atoms with Crippen molar-refractivity contribution in [3.63, 3.8) is 0 Å². The standard InChI is InChI=1S/C16H18ClN3/c1-16(2)9-11-5-6-12(17)8-14(11)15(16)18-10-13-4-3-7-19-20-13/h3-8,15,18H,9-10H2,1-2H3. The highest BCUT2D eigenvalue weighted by atomic mass is 35.5. The Morgan fingerprint density at radius 2 is 2.20 bits per heavy atom. The molecule has 1 aliphatic carbocycles. The van der Waals surface area contributed by atoms with E-state index in [1.807, 2.05) is 18.2 Å². The highest BCUT2D eigenvalue weighted by molar-refractivity contribution is 6.30. The average Bonchev–Trinajstić information content (AvgIpc) is 2.67. The van der Waals surface area contributed by atoms with Gasteiger partial charge in [-0.2, -0.15) is 10.2 Å². The van der Waals surface area contributed by atoms with Crippen LogP contribution >= 0.6 is 11.6 Å². The van der Waals surface area contributed by atoms with Crippen LogP contribution in [0.25, 0.3) is 0 Å². The molecule has 1 aromatic heterocycles. The molecule has 1 N–H and O–H groups in total. The summed E-state index contributed by atoms with van der Waals surface area (Å²) in [6.45, 7) is 5.29. The summed E-state index contributed by atoms with van der Waals surface area (Å²) in [5.41, 5.74) is 3.83. The zero-order valence-corrected chi connectivity index (χ0v) is 12.5. The van der Waals surface area contributed by atoms with Crippen LogP contribution in [0.15, 0.2) is 36.5 Å². The number of hydrogen-bond donors (Lipinski definition) is 1. The van der Waals surface area contributed by atoms with Gasteiger partial charge in [-0.3, -0.25) is 0 Å². The molecule has 1 atom stereocenters. The minimum atomic E-state index is 0.176. The summed E-state index contributed by atoms with van der Waals surface area (Å²) in [6.07, 6.45) is 2.76. The molecule has 0 fully saturated rings. The molecule has 1 heterocycles. The number of aromatic nitrogens is 2. The molecule has 0 spiro atoms. The molecule has 104 valence electrons. The first-order valence-electron chi connectivity index (χ1n) is 6.84. The molecule has 3 nitrogen and oxygen atoms in total. The number of nitrogens with zero attached hydrogens (tertiary/aromatic N) is 2. The Kier molecular flexibility index (Phi) is 3.48. The van der Waals surface area contributed by atoms with Crippen molar-refractivity contribution in [3.8, 4) is 0 Å². The van der Waals surface area contributed by atoms with E-state index in [9.17, 15) is 0 Å². The van der Waals surface area contributed by atoms with Gasteiger partial charge in [0, 0.05) is 23.8 Å². The summed E-state index contributed by atoms with van der Waals surface area (Å²) in [6, 6.07) is 10.4. The Labute approximate surface area is 124 Å². The summed E-state index contributed by atoms with van der Waals surface area (Å²) < 4.78 is 0. The van der Waals surface area contributed by atoms with Crippen LogP contribution in [0.2, 0.25) is 5.02 Å². The van der Waals surface area contributed by atoms with Crippen LogP contribution in [0.5, 0.6) is 0 Å². The SMILES string of the molecule is CC1(C)Cc2ccc(Cl)cc2C1NCc1cccnn1. The molecule has 0 radical (unpaired) electrons. The number of fused-ring (bicyclic) bond motifs is 1. The van der Waals surface area contributed by atoms with Crippen molar-refractivity contribution in [1.82, 2.24) is 15.5 Å². The summed E-state index contributed by atoms with van der Waals surface area (Å²) in [4.78, 5) is 0. The first-order valence-corrected chi connectivity index (χ1v) is 7.22. The zero-order valence-electron chi connectivity index (χ0n) is 11.7. The molecule has 1 aliphatic rings. The molecule has 2 aromatic rings. The van der Waals surface area contributed by atoms with Crippen LogP contribution in [0.3, 0.4) is 0 Å². The van der Waals surface area contributed by atoms with Crippen LogP contribution in [0.1, 0.15) is 36.7 Å². The van der Waals surface area contributed by atoms with E-state index in [2.05, 4.69) is 41.5 Å². The molecule has 4 heteroatoms. The predicted octanol–water partition coefficient (Wildman–Crippen LogP) is 3.54. The maximum absolute atomic E-state index is 6.15. The summed E-state index contributed by atoms with van der Waals surface area (Å²) >= 11 is 6.15. The molecule has 0 saturated heterocycles. The molecule has 0 saturated carbocycles. The highest BCUT2D eigenvalue weighted by Crippen LogP contribution is 2.45. The lowest BCUT2D eigenvalue weighted by Crippen LogP contribution is -2.31. The predicted molar refractivity (Wildman–Crippen MR) is 80.5 cm³/mol. The molecular weight excluding hydrogens is 270 g/mol. The van der Waals surface area contributed by atoms with Gasteiger partial charge in [0.15, 0.2) is 0 Å². The molecular formula is C16H18ClN3. The van der Waals surface area contributed by atoms with Gasteiger partial charge in [-0.05, 0) is 47.2 Å². The second kappa shape index (κ2) is 5.15. The molecule has 0 bridgehead atoms. The summed E-state index contributed by atoms with van der Waals surface area (Å²) in [5.74, 6) is 0. The summed E-state index contributed by atoms with van der Waals surface area (Å²) in [7, 11) is 0.